The van der Waals surface area contributed by atoms with Gasteiger partial charge in [-0.2, -0.15) is 0 Å². The highest BCUT2D eigenvalue weighted by Gasteiger charge is 2.19. The van der Waals surface area contributed by atoms with Gasteiger partial charge in [-0.25, -0.2) is 14.2 Å². The third-order valence-electron chi connectivity index (χ3n) is 5.95. The molecule has 3 N–H and O–H groups in total. The van der Waals surface area contributed by atoms with Crippen molar-refractivity contribution < 1.29 is 19.1 Å². The number of carboxylic acids is 1. The Balaban J connectivity index is 1.47. The van der Waals surface area contributed by atoms with E-state index in [4.69, 9.17) is 0 Å². The van der Waals surface area contributed by atoms with Gasteiger partial charge in [-0.3, -0.25) is 4.79 Å². The molecule has 0 fully saturated rings. The highest BCUT2D eigenvalue weighted by Crippen LogP contribution is 2.32. The quantitative estimate of drug-likeness (QED) is 0.229. The number of hydrogen-bond acceptors (Lipinski definition) is 5. The molecule has 0 saturated carbocycles. The Labute approximate surface area is 213 Å². The number of aromatic nitrogens is 1. The first-order valence-electron chi connectivity index (χ1n) is 11.9. The molecule has 0 aliphatic carbocycles. The van der Waals surface area contributed by atoms with E-state index in [1.807, 2.05) is 13.0 Å². The Morgan fingerprint density at radius 2 is 1.75 bits per heavy atom. The van der Waals surface area contributed by atoms with Gasteiger partial charge in [0.25, 0.3) is 5.91 Å². The molecule has 4 rings (SSSR count). The Bertz CT molecular complexity index is 1400. The minimum absolute atomic E-state index is 0.327. The number of nitrogens with zero attached hydrogens (tertiary/aromatic N) is 1. The van der Waals surface area contributed by atoms with Gasteiger partial charge in [0.2, 0.25) is 0 Å². The molecule has 0 spiro atoms. The number of aliphatic carboxylic acids is 1. The van der Waals surface area contributed by atoms with E-state index in [9.17, 15) is 19.1 Å². The van der Waals surface area contributed by atoms with E-state index in [2.05, 4.69) is 41.6 Å². The van der Waals surface area contributed by atoms with Crippen molar-refractivity contribution >= 4 is 44.2 Å². The number of carboxylic acid groups (broad SMARTS) is 1. The molecule has 8 heteroatoms. The van der Waals surface area contributed by atoms with Crippen LogP contribution < -0.4 is 10.6 Å². The molecule has 0 bridgehead atoms. The van der Waals surface area contributed by atoms with Crippen LogP contribution >= 0.6 is 11.3 Å². The van der Waals surface area contributed by atoms with E-state index < -0.39 is 23.7 Å². The normalized spacial score (nSPS) is 12.0. The number of rotatable bonds is 9. The summed E-state index contributed by atoms with van der Waals surface area (Å²) in [5.41, 5.74) is 4.17. The van der Waals surface area contributed by atoms with Gasteiger partial charge in [0.15, 0.2) is 5.13 Å². The first-order valence-corrected chi connectivity index (χ1v) is 12.7. The molecule has 3 aromatic carbocycles. The van der Waals surface area contributed by atoms with Gasteiger partial charge in [-0.05, 0) is 65.4 Å². The first kappa shape index (κ1) is 25.3. The van der Waals surface area contributed by atoms with Crippen molar-refractivity contribution in [3.05, 3.63) is 77.6 Å². The van der Waals surface area contributed by atoms with Crippen LogP contribution in [-0.2, 0) is 4.79 Å². The number of thiazole rings is 1. The van der Waals surface area contributed by atoms with Crippen molar-refractivity contribution in [3.63, 3.8) is 0 Å². The maximum absolute atomic E-state index is 14.9. The van der Waals surface area contributed by atoms with Gasteiger partial charge in [0.1, 0.15) is 11.9 Å². The van der Waals surface area contributed by atoms with Gasteiger partial charge in [-0.15, -0.1) is 0 Å². The summed E-state index contributed by atoms with van der Waals surface area (Å²) >= 11 is 1.48. The van der Waals surface area contributed by atoms with Crippen molar-refractivity contribution in [2.24, 2.45) is 0 Å². The SMILES string of the molecule is CCC[C@H](NC(=O)c1ccc(-c2ccc(Nc3nc4ccc(C(C)C)cc4s3)c(F)c2)cc1)C(=O)O. The predicted molar refractivity (Wildman–Crippen MR) is 143 cm³/mol. The van der Waals surface area contributed by atoms with Crippen LogP contribution in [0.2, 0.25) is 0 Å². The maximum Gasteiger partial charge on any atom is 0.326 e. The van der Waals surface area contributed by atoms with E-state index in [1.165, 1.54) is 23.0 Å². The molecule has 0 aliphatic heterocycles. The van der Waals surface area contributed by atoms with Crippen LogP contribution in [0.4, 0.5) is 15.2 Å². The Morgan fingerprint density at radius 3 is 2.39 bits per heavy atom. The van der Waals surface area contributed by atoms with Crippen LogP contribution in [-0.4, -0.2) is 28.0 Å². The smallest absolute Gasteiger partial charge is 0.326 e. The highest BCUT2D eigenvalue weighted by atomic mass is 32.1. The molecule has 186 valence electrons. The van der Waals surface area contributed by atoms with E-state index in [-0.39, 0.29) is 0 Å². The second-order valence-corrected chi connectivity index (χ2v) is 9.98. The lowest BCUT2D eigenvalue weighted by Gasteiger charge is -2.13. The van der Waals surface area contributed by atoms with Crippen LogP contribution in [0.15, 0.2) is 60.7 Å². The maximum atomic E-state index is 14.9. The molecule has 0 unspecified atom stereocenters. The van der Waals surface area contributed by atoms with Crippen LogP contribution in [0.25, 0.3) is 21.3 Å². The fourth-order valence-electron chi connectivity index (χ4n) is 3.87. The third-order valence-corrected chi connectivity index (χ3v) is 6.88. The van der Waals surface area contributed by atoms with Crippen LogP contribution in [0.5, 0.6) is 0 Å². The lowest BCUT2D eigenvalue weighted by Crippen LogP contribution is -2.40. The number of halogens is 1. The summed E-state index contributed by atoms with van der Waals surface area (Å²) < 4.78 is 16.0. The summed E-state index contributed by atoms with van der Waals surface area (Å²) in [6.45, 7) is 6.14. The minimum atomic E-state index is -1.06. The number of amides is 1. The summed E-state index contributed by atoms with van der Waals surface area (Å²) in [7, 11) is 0. The predicted octanol–water partition coefficient (Wildman–Crippen LogP) is 6.95. The monoisotopic (exact) mass is 505 g/mol. The molecule has 1 aromatic heterocycles. The van der Waals surface area contributed by atoms with Gasteiger partial charge in [0, 0.05) is 5.56 Å². The zero-order valence-electron chi connectivity index (χ0n) is 20.3. The highest BCUT2D eigenvalue weighted by molar-refractivity contribution is 7.22. The standard InChI is InChI=1S/C28H28FN3O3S/c1-4-5-24(27(34)35)30-26(33)18-8-6-17(7-9-18)20-11-12-22(21(29)14-20)31-28-32-23-13-10-19(16(2)3)15-25(23)36-28/h6-16,24H,4-5H2,1-3H3,(H,30,33)(H,31,32)(H,34,35)/t24-/m0/s1. The lowest BCUT2D eigenvalue weighted by molar-refractivity contribution is -0.139. The Morgan fingerprint density at radius 1 is 1.03 bits per heavy atom. The van der Waals surface area contributed by atoms with Crippen LogP contribution in [0, 0.1) is 5.82 Å². The van der Waals surface area contributed by atoms with Gasteiger partial charge >= 0.3 is 5.97 Å². The van der Waals surface area contributed by atoms with Crippen molar-refractivity contribution in [1.82, 2.24) is 10.3 Å². The Hall–Kier alpha value is -3.78. The zero-order chi connectivity index (χ0) is 25.8. The first-order chi connectivity index (χ1) is 17.2. The number of nitrogens with one attached hydrogen (secondary N) is 2. The van der Waals surface area contributed by atoms with Crippen molar-refractivity contribution in [3.8, 4) is 11.1 Å². The molecular formula is C28H28FN3O3S. The molecule has 1 heterocycles. The van der Waals surface area contributed by atoms with E-state index >= 15 is 0 Å². The fourth-order valence-corrected chi connectivity index (χ4v) is 4.79. The molecule has 4 aromatic rings. The van der Waals surface area contributed by atoms with Crippen molar-refractivity contribution in [2.75, 3.05) is 5.32 Å². The van der Waals surface area contributed by atoms with Gasteiger partial charge in [-0.1, -0.05) is 62.8 Å². The average molecular weight is 506 g/mol. The number of hydrogen-bond donors (Lipinski definition) is 3. The second kappa shape index (κ2) is 10.9. The summed E-state index contributed by atoms with van der Waals surface area (Å²) in [4.78, 5) is 28.3. The summed E-state index contributed by atoms with van der Waals surface area (Å²) in [6, 6.07) is 16.8. The largest absolute Gasteiger partial charge is 0.480 e. The third kappa shape index (κ3) is 5.71. The number of carbonyl (C=O) groups excluding carboxylic acids is 1. The molecule has 1 atom stereocenters. The second-order valence-electron chi connectivity index (χ2n) is 8.95. The van der Waals surface area contributed by atoms with Gasteiger partial charge < -0.3 is 15.7 Å². The number of benzene rings is 3. The zero-order valence-corrected chi connectivity index (χ0v) is 21.2. The number of fused-ring (bicyclic) bond motifs is 1. The number of anilines is 2. The van der Waals surface area contributed by atoms with E-state index in [0.29, 0.717) is 40.7 Å². The molecular weight excluding hydrogens is 477 g/mol. The minimum Gasteiger partial charge on any atom is -0.480 e. The number of carbonyl (C=O) groups is 2. The summed E-state index contributed by atoms with van der Waals surface area (Å²) in [5, 5.41) is 15.5. The van der Waals surface area contributed by atoms with E-state index in [0.717, 1.165) is 15.8 Å². The van der Waals surface area contributed by atoms with Crippen LogP contribution in [0.1, 0.15) is 55.5 Å². The van der Waals surface area contributed by atoms with E-state index in [1.54, 1.807) is 36.4 Å². The molecule has 0 saturated heterocycles. The molecule has 0 radical (unpaired) electrons. The summed E-state index contributed by atoms with van der Waals surface area (Å²) in [6.07, 6.45) is 0.999. The fraction of sp³-hybridized carbons (Fsp3) is 0.250. The molecule has 0 aliphatic rings. The van der Waals surface area contributed by atoms with Crippen molar-refractivity contribution in [1.29, 1.82) is 0 Å². The lowest BCUT2D eigenvalue weighted by atomic mass is 10.0. The molecule has 36 heavy (non-hydrogen) atoms. The van der Waals surface area contributed by atoms with Gasteiger partial charge in [0.05, 0.1) is 15.9 Å². The average Bonchev–Trinajstić information content (AvgIpc) is 3.26. The topological polar surface area (TPSA) is 91.3 Å². The molecule has 6 nitrogen and oxygen atoms in total. The van der Waals surface area contributed by atoms with Crippen molar-refractivity contribution in [2.45, 2.75) is 45.6 Å². The molecule has 1 amide bonds. The Kier molecular flexibility index (Phi) is 7.64. The van der Waals surface area contributed by atoms with Crippen LogP contribution in [0.3, 0.4) is 0 Å². The summed E-state index contributed by atoms with van der Waals surface area (Å²) in [5.74, 6) is -1.51.